The summed E-state index contributed by atoms with van der Waals surface area (Å²) >= 11 is 0. The number of aromatic nitrogens is 3. The molecule has 2 saturated heterocycles. The molecule has 3 heterocycles. The van der Waals surface area contributed by atoms with E-state index in [0.717, 1.165) is 24.9 Å². The summed E-state index contributed by atoms with van der Waals surface area (Å²) in [5, 5.41) is 11.6. The zero-order valence-electron chi connectivity index (χ0n) is 16.9. The van der Waals surface area contributed by atoms with E-state index in [4.69, 9.17) is 0 Å². The molecule has 0 radical (unpaired) electrons. The number of carbonyl (C=O) groups excluding carboxylic acids is 2. The van der Waals surface area contributed by atoms with Crippen molar-refractivity contribution in [2.45, 2.75) is 51.4 Å². The fourth-order valence-corrected chi connectivity index (χ4v) is 4.65. The molecule has 2 fully saturated rings. The molecule has 0 saturated carbocycles. The van der Waals surface area contributed by atoms with Crippen molar-refractivity contribution in [1.82, 2.24) is 30.1 Å². The number of nitrogens with zero attached hydrogens (tertiary/aromatic N) is 5. The number of likely N-dealkylation sites (tertiary alicyclic amines) is 2. The summed E-state index contributed by atoms with van der Waals surface area (Å²) in [5.74, 6) is 0.136. The minimum atomic E-state index is -0.0476. The monoisotopic (exact) mass is 396 g/mol. The normalized spacial score (nSPS) is 23.5. The van der Waals surface area contributed by atoms with Crippen LogP contribution in [0.25, 0.3) is 0 Å². The number of rotatable bonds is 6. The zero-order chi connectivity index (χ0) is 20.4. The van der Waals surface area contributed by atoms with Gasteiger partial charge in [0.2, 0.25) is 6.41 Å². The van der Waals surface area contributed by atoms with Crippen LogP contribution in [0.3, 0.4) is 0 Å². The van der Waals surface area contributed by atoms with E-state index in [0.29, 0.717) is 19.6 Å². The maximum Gasteiger partial charge on any atom is 0.317 e. The molecular formula is C21H28N6O2. The van der Waals surface area contributed by atoms with Crippen LogP contribution in [-0.2, 0) is 17.8 Å². The van der Waals surface area contributed by atoms with Crippen molar-refractivity contribution in [3.63, 3.8) is 0 Å². The molecule has 8 nitrogen and oxygen atoms in total. The first kappa shape index (κ1) is 19.4. The third kappa shape index (κ3) is 4.11. The van der Waals surface area contributed by atoms with Crippen LogP contribution in [0, 0.1) is 5.92 Å². The number of amides is 3. The third-order valence-electron chi connectivity index (χ3n) is 5.82. The maximum atomic E-state index is 12.7. The van der Waals surface area contributed by atoms with Crippen LogP contribution in [0.2, 0.25) is 0 Å². The lowest BCUT2D eigenvalue weighted by Crippen LogP contribution is -2.46. The average Bonchev–Trinajstić information content (AvgIpc) is 3.39. The van der Waals surface area contributed by atoms with Crippen molar-refractivity contribution in [2.24, 2.45) is 5.92 Å². The molecule has 0 aliphatic carbocycles. The number of nitrogens with one attached hydrogen (secondary N) is 1. The van der Waals surface area contributed by atoms with Crippen LogP contribution >= 0.6 is 0 Å². The Morgan fingerprint density at radius 2 is 2.10 bits per heavy atom. The Hall–Kier alpha value is -2.90. The average molecular weight is 396 g/mol. The maximum absolute atomic E-state index is 12.7. The molecule has 2 aliphatic rings. The number of hydrogen-bond acceptors (Lipinski definition) is 4. The van der Waals surface area contributed by atoms with Crippen molar-refractivity contribution in [2.75, 3.05) is 13.1 Å². The minimum Gasteiger partial charge on any atom is -0.340 e. The van der Waals surface area contributed by atoms with Gasteiger partial charge >= 0.3 is 6.03 Å². The fourth-order valence-electron chi connectivity index (χ4n) is 4.65. The Kier molecular flexibility index (Phi) is 5.51. The second-order valence-electron chi connectivity index (χ2n) is 8.30. The molecule has 0 bridgehead atoms. The van der Waals surface area contributed by atoms with Gasteiger partial charge in [-0.3, -0.25) is 9.48 Å². The van der Waals surface area contributed by atoms with Crippen LogP contribution in [0.5, 0.6) is 0 Å². The molecule has 1 aromatic carbocycles. The van der Waals surface area contributed by atoms with Crippen LogP contribution in [0.4, 0.5) is 4.79 Å². The summed E-state index contributed by atoms with van der Waals surface area (Å²) in [4.78, 5) is 28.0. The summed E-state index contributed by atoms with van der Waals surface area (Å²) < 4.78 is 1.85. The van der Waals surface area contributed by atoms with Gasteiger partial charge in [0.15, 0.2) is 0 Å². The highest BCUT2D eigenvalue weighted by molar-refractivity contribution is 5.75. The third-order valence-corrected chi connectivity index (χ3v) is 5.82. The molecule has 2 aromatic rings. The van der Waals surface area contributed by atoms with Crippen LogP contribution in [0.15, 0.2) is 36.5 Å². The lowest BCUT2D eigenvalue weighted by Gasteiger charge is -2.25. The fraction of sp³-hybridized carbons (Fsp3) is 0.524. The zero-order valence-corrected chi connectivity index (χ0v) is 16.9. The van der Waals surface area contributed by atoms with Gasteiger partial charge < -0.3 is 15.1 Å². The molecule has 8 heteroatoms. The Labute approximate surface area is 170 Å². The van der Waals surface area contributed by atoms with Crippen molar-refractivity contribution in [3.05, 3.63) is 47.8 Å². The van der Waals surface area contributed by atoms with Crippen molar-refractivity contribution in [3.8, 4) is 0 Å². The number of benzene rings is 1. The van der Waals surface area contributed by atoms with Gasteiger partial charge in [0.25, 0.3) is 0 Å². The number of carbonyl (C=O) groups is 2. The Bertz CT molecular complexity index is 852. The van der Waals surface area contributed by atoms with E-state index in [1.54, 1.807) is 0 Å². The van der Waals surface area contributed by atoms with E-state index in [9.17, 15) is 9.59 Å². The van der Waals surface area contributed by atoms with E-state index in [-0.39, 0.29) is 30.1 Å². The van der Waals surface area contributed by atoms with E-state index in [2.05, 4.69) is 27.8 Å². The molecule has 1 aromatic heterocycles. The summed E-state index contributed by atoms with van der Waals surface area (Å²) in [6.45, 7) is 5.86. The molecule has 2 aliphatic heterocycles. The highest BCUT2D eigenvalue weighted by atomic mass is 16.2. The largest absolute Gasteiger partial charge is 0.340 e. The van der Waals surface area contributed by atoms with Gasteiger partial charge in [0.1, 0.15) is 0 Å². The summed E-state index contributed by atoms with van der Waals surface area (Å²) in [6.07, 6.45) is 4.45. The number of hydrogen-bond donors (Lipinski definition) is 1. The van der Waals surface area contributed by atoms with Gasteiger partial charge in [-0.2, -0.15) is 0 Å². The van der Waals surface area contributed by atoms with E-state index in [1.807, 2.05) is 52.7 Å². The predicted molar refractivity (Wildman–Crippen MR) is 108 cm³/mol. The first-order valence-corrected chi connectivity index (χ1v) is 10.3. The van der Waals surface area contributed by atoms with Crippen molar-refractivity contribution in [1.29, 1.82) is 0 Å². The Morgan fingerprint density at radius 3 is 2.83 bits per heavy atom. The SMILES string of the molecule is CC(C)NC(=O)N1C[C@H](Cn2cc(Cc3ccccc3)nn2)[C@@H]2[C@H]1CCN2C=O. The molecule has 3 atom stereocenters. The van der Waals surface area contributed by atoms with Gasteiger partial charge in [0, 0.05) is 44.2 Å². The molecule has 3 amide bonds. The van der Waals surface area contributed by atoms with Gasteiger partial charge in [-0.05, 0) is 25.8 Å². The van der Waals surface area contributed by atoms with Gasteiger partial charge in [0.05, 0.1) is 17.8 Å². The van der Waals surface area contributed by atoms with Crippen molar-refractivity contribution < 1.29 is 9.59 Å². The second-order valence-corrected chi connectivity index (χ2v) is 8.30. The highest BCUT2D eigenvalue weighted by Gasteiger charge is 2.50. The van der Waals surface area contributed by atoms with Crippen LogP contribution in [-0.4, -0.2) is 68.4 Å². The highest BCUT2D eigenvalue weighted by Crippen LogP contribution is 2.35. The summed E-state index contributed by atoms with van der Waals surface area (Å²) in [5.41, 5.74) is 2.11. The first-order chi connectivity index (χ1) is 14.0. The van der Waals surface area contributed by atoms with Crippen molar-refractivity contribution >= 4 is 12.4 Å². The quantitative estimate of drug-likeness (QED) is 0.751. The molecule has 0 unspecified atom stereocenters. The number of fused-ring (bicyclic) bond motifs is 1. The first-order valence-electron chi connectivity index (χ1n) is 10.3. The summed E-state index contributed by atoms with van der Waals surface area (Å²) in [7, 11) is 0. The smallest absolute Gasteiger partial charge is 0.317 e. The molecule has 4 rings (SSSR count). The van der Waals surface area contributed by atoms with E-state index in [1.165, 1.54) is 5.56 Å². The standard InChI is InChI=1S/C21H28N6O2/c1-15(2)22-21(29)27-12-17(20-19(27)8-9-25(20)14-28)11-26-13-18(23-24-26)10-16-6-4-3-5-7-16/h3-7,13-15,17,19-20H,8-12H2,1-2H3,(H,22,29)/t17-,19+,20+/m0/s1. The number of urea groups is 1. The molecular weight excluding hydrogens is 368 g/mol. The molecule has 1 N–H and O–H groups in total. The van der Waals surface area contributed by atoms with E-state index >= 15 is 0 Å². The second kappa shape index (κ2) is 8.23. The lowest BCUT2D eigenvalue weighted by molar-refractivity contribution is -0.119. The molecule has 154 valence electrons. The van der Waals surface area contributed by atoms with Gasteiger partial charge in [-0.1, -0.05) is 35.5 Å². The lowest BCUT2D eigenvalue weighted by atomic mass is 9.99. The van der Waals surface area contributed by atoms with Crippen LogP contribution < -0.4 is 5.32 Å². The predicted octanol–water partition coefficient (Wildman–Crippen LogP) is 1.52. The van der Waals surface area contributed by atoms with Crippen LogP contribution in [0.1, 0.15) is 31.5 Å². The minimum absolute atomic E-state index is 0.0344. The van der Waals surface area contributed by atoms with Gasteiger partial charge in [-0.15, -0.1) is 5.10 Å². The topological polar surface area (TPSA) is 83.4 Å². The Balaban J connectivity index is 1.47. The van der Waals surface area contributed by atoms with E-state index < -0.39 is 0 Å². The van der Waals surface area contributed by atoms with Gasteiger partial charge in [-0.25, -0.2) is 4.79 Å². The molecule has 0 spiro atoms. The Morgan fingerprint density at radius 1 is 1.31 bits per heavy atom. The summed E-state index contributed by atoms with van der Waals surface area (Å²) in [6, 6.07) is 10.3. The molecule has 29 heavy (non-hydrogen) atoms.